The van der Waals surface area contributed by atoms with Crippen LogP contribution in [0.5, 0.6) is 0 Å². The van der Waals surface area contributed by atoms with E-state index < -0.39 is 23.6 Å². The zero-order valence-electron chi connectivity index (χ0n) is 19.6. The lowest BCUT2D eigenvalue weighted by molar-refractivity contribution is -0.139. The fourth-order valence-electron chi connectivity index (χ4n) is 4.54. The van der Waals surface area contributed by atoms with Gasteiger partial charge in [-0.1, -0.05) is 36.4 Å². The first-order valence-corrected chi connectivity index (χ1v) is 11.6. The Labute approximate surface area is 210 Å². The number of carbonyl (C=O) groups excluding carboxylic acids is 1. The smallest absolute Gasteiger partial charge is 0.325 e. The van der Waals surface area contributed by atoms with E-state index in [9.17, 15) is 23.5 Å². The average Bonchev–Trinajstić information content (AvgIpc) is 3.32. The van der Waals surface area contributed by atoms with E-state index in [0.29, 0.717) is 35.1 Å². The largest absolute Gasteiger partial charge is 0.480 e. The van der Waals surface area contributed by atoms with Crippen LogP contribution in [0.3, 0.4) is 0 Å². The Bertz CT molecular complexity index is 1500. The summed E-state index contributed by atoms with van der Waals surface area (Å²) in [7, 11) is 0. The highest BCUT2D eigenvalue weighted by Gasteiger charge is 2.28. The second kappa shape index (κ2) is 9.90. The first kappa shape index (κ1) is 24.3. The van der Waals surface area contributed by atoms with Crippen molar-refractivity contribution in [1.82, 2.24) is 20.2 Å². The normalized spacial score (nSPS) is 13.5. The van der Waals surface area contributed by atoms with Gasteiger partial charge in [0.05, 0.1) is 5.52 Å². The zero-order valence-corrected chi connectivity index (χ0v) is 19.6. The van der Waals surface area contributed by atoms with Gasteiger partial charge in [0.1, 0.15) is 11.7 Å². The molecule has 3 aromatic carbocycles. The number of carbonyl (C=O) groups is 2. The first-order chi connectivity index (χ1) is 17.8. The highest BCUT2D eigenvalue weighted by atomic mass is 19.2. The van der Waals surface area contributed by atoms with Gasteiger partial charge in [-0.15, -0.1) is 0 Å². The molecular formula is C27H23F2N5O3. The minimum atomic E-state index is -1.14. The molecule has 5 rings (SSSR count). The Hall–Kier alpha value is -4.44. The monoisotopic (exact) mass is 503 g/mol. The average molecular weight is 504 g/mol. The Morgan fingerprint density at radius 1 is 1.00 bits per heavy atom. The molecule has 1 aliphatic rings. The third kappa shape index (κ3) is 4.96. The molecule has 0 fully saturated rings. The summed E-state index contributed by atoms with van der Waals surface area (Å²) in [6, 6.07) is 15.0. The van der Waals surface area contributed by atoms with Gasteiger partial charge in [0, 0.05) is 25.0 Å². The second-order valence-corrected chi connectivity index (χ2v) is 8.86. The summed E-state index contributed by atoms with van der Waals surface area (Å²) in [4.78, 5) is 35.6. The van der Waals surface area contributed by atoms with Crippen LogP contribution < -0.4 is 11.1 Å². The molecule has 188 valence electrons. The number of hydrogen-bond acceptors (Lipinski definition) is 6. The number of anilines is 1. The molecule has 1 unspecified atom stereocenters. The number of nitrogens with two attached hydrogens (primary N) is 1. The summed E-state index contributed by atoms with van der Waals surface area (Å²) in [6.45, 7) is 1.06. The molecule has 0 saturated heterocycles. The van der Waals surface area contributed by atoms with E-state index in [1.54, 1.807) is 23.1 Å². The maximum atomic E-state index is 13.5. The van der Waals surface area contributed by atoms with Crippen molar-refractivity contribution >= 4 is 28.7 Å². The van der Waals surface area contributed by atoms with Gasteiger partial charge in [0.25, 0.3) is 5.91 Å². The van der Waals surface area contributed by atoms with E-state index >= 15 is 0 Å². The molecule has 1 aromatic heterocycles. The van der Waals surface area contributed by atoms with Gasteiger partial charge in [-0.25, -0.2) is 18.7 Å². The standard InChI is InChI=1S/C27H23F2N5O3/c28-20-7-5-15(11-21(20)29)9-10-31-23(26(36)37)16-6-8-22-19(12-16)24(33-27(30)32-22)25(35)34-13-17-3-1-2-4-18(17)14-34/h1-8,11-12,23,31H,9-10,13-14H2,(H,36,37)(H2,30,32,33). The third-order valence-electron chi connectivity index (χ3n) is 6.39. The molecule has 0 aliphatic carbocycles. The number of aromatic nitrogens is 2. The Balaban J connectivity index is 1.41. The lowest BCUT2D eigenvalue weighted by atomic mass is 10.0. The molecule has 0 bridgehead atoms. The number of nitrogens with one attached hydrogen (secondary N) is 1. The van der Waals surface area contributed by atoms with Gasteiger partial charge in [-0.3, -0.25) is 9.59 Å². The van der Waals surface area contributed by atoms with Crippen molar-refractivity contribution in [2.45, 2.75) is 25.6 Å². The topological polar surface area (TPSA) is 121 Å². The summed E-state index contributed by atoms with van der Waals surface area (Å²) in [5.74, 6) is -3.42. The number of carboxylic acid groups (broad SMARTS) is 1. The van der Waals surface area contributed by atoms with Gasteiger partial charge in [0.2, 0.25) is 5.95 Å². The lowest BCUT2D eigenvalue weighted by Gasteiger charge is -2.18. The molecule has 10 heteroatoms. The number of fused-ring (bicyclic) bond motifs is 2. The number of nitrogens with zero attached hydrogens (tertiary/aromatic N) is 3. The SMILES string of the molecule is Nc1nc(C(=O)N2Cc3ccccc3C2)c2cc(C(NCCc3ccc(F)c(F)c3)C(=O)O)ccc2n1. The minimum absolute atomic E-state index is 0.0558. The van der Waals surface area contributed by atoms with Crippen LogP contribution in [0, 0.1) is 11.6 Å². The Kier molecular flexibility index (Phi) is 6.49. The van der Waals surface area contributed by atoms with Gasteiger partial charge in [-0.05, 0) is 52.9 Å². The van der Waals surface area contributed by atoms with Crippen LogP contribution in [0.25, 0.3) is 10.9 Å². The van der Waals surface area contributed by atoms with E-state index in [1.807, 2.05) is 24.3 Å². The molecule has 1 aliphatic heterocycles. The van der Waals surface area contributed by atoms with Crippen molar-refractivity contribution in [2.75, 3.05) is 12.3 Å². The van der Waals surface area contributed by atoms with Crippen LogP contribution in [-0.4, -0.2) is 38.4 Å². The van der Waals surface area contributed by atoms with Crippen molar-refractivity contribution in [3.63, 3.8) is 0 Å². The van der Waals surface area contributed by atoms with Gasteiger partial charge >= 0.3 is 5.97 Å². The Morgan fingerprint density at radius 2 is 1.73 bits per heavy atom. The third-order valence-corrected chi connectivity index (χ3v) is 6.39. The number of rotatable bonds is 7. The number of nitrogen functional groups attached to an aromatic ring is 1. The highest BCUT2D eigenvalue weighted by molar-refractivity contribution is 6.05. The number of halogens is 2. The van der Waals surface area contributed by atoms with Crippen LogP contribution in [0.15, 0.2) is 60.7 Å². The van der Waals surface area contributed by atoms with Crippen LogP contribution in [0.4, 0.5) is 14.7 Å². The van der Waals surface area contributed by atoms with Crippen molar-refractivity contribution in [2.24, 2.45) is 0 Å². The fraction of sp³-hybridized carbons (Fsp3) is 0.185. The van der Waals surface area contributed by atoms with E-state index in [0.717, 1.165) is 23.3 Å². The van der Waals surface area contributed by atoms with Crippen LogP contribution in [-0.2, 0) is 24.3 Å². The summed E-state index contributed by atoms with van der Waals surface area (Å²) in [5, 5.41) is 13.2. The molecule has 37 heavy (non-hydrogen) atoms. The van der Waals surface area contributed by atoms with Crippen molar-refractivity contribution in [3.8, 4) is 0 Å². The van der Waals surface area contributed by atoms with Crippen LogP contribution >= 0.6 is 0 Å². The van der Waals surface area contributed by atoms with E-state index in [1.165, 1.54) is 6.07 Å². The van der Waals surface area contributed by atoms with Crippen molar-refractivity contribution < 1.29 is 23.5 Å². The van der Waals surface area contributed by atoms with Crippen LogP contribution in [0.1, 0.15) is 38.8 Å². The summed E-state index contributed by atoms with van der Waals surface area (Å²) < 4.78 is 26.7. The predicted molar refractivity (Wildman–Crippen MR) is 132 cm³/mol. The second-order valence-electron chi connectivity index (χ2n) is 8.86. The van der Waals surface area contributed by atoms with E-state index in [-0.39, 0.29) is 30.5 Å². The van der Waals surface area contributed by atoms with Gasteiger partial charge < -0.3 is 21.1 Å². The molecule has 1 atom stereocenters. The summed E-state index contributed by atoms with van der Waals surface area (Å²) in [6.07, 6.45) is 0.285. The van der Waals surface area contributed by atoms with Gasteiger partial charge in [-0.2, -0.15) is 0 Å². The van der Waals surface area contributed by atoms with Gasteiger partial charge in [0.15, 0.2) is 11.6 Å². The number of carboxylic acids is 1. The molecule has 4 aromatic rings. The predicted octanol–water partition coefficient (Wildman–Crippen LogP) is 3.60. The number of benzene rings is 3. The zero-order chi connectivity index (χ0) is 26.1. The van der Waals surface area contributed by atoms with E-state index in [4.69, 9.17) is 5.73 Å². The molecule has 0 spiro atoms. The fourth-order valence-corrected chi connectivity index (χ4v) is 4.54. The molecular weight excluding hydrogens is 480 g/mol. The minimum Gasteiger partial charge on any atom is -0.480 e. The molecule has 0 radical (unpaired) electrons. The lowest BCUT2D eigenvalue weighted by Crippen LogP contribution is -2.30. The maximum absolute atomic E-state index is 13.5. The van der Waals surface area contributed by atoms with Crippen LogP contribution in [0.2, 0.25) is 0 Å². The Morgan fingerprint density at radius 3 is 2.41 bits per heavy atom. The first-order valence-electron chi connectivity index (χ1n) is 11.6. The quantitative estimate of drug-likeness (QED) is 0.352. The molecule has 2 heterocycles. The summed E-state index contributed by atoms with van der Waals surface area (Å²) >= 11 is 0. The van der Waals surface area contributed by atoms with E-state index in [2.05, 4.69) is 15.3 Å². The summed E-state index contributed by atoms with van der Waals surface area (Å²) in [5.41, 5.74) is 9.42. The maximum Gasteiger partial charge on any atom is 0.325 e. The number of aliphatic carboxylic acids is 1. The number of hydrogen-bond donors (Lipinski definition) is 3. The molecule has 1 amide bonds. The molecule has 4 N–H and O–H groups in total. The number of amides is 1. The molecule has 0 saturated carbocycles. The molecule has 8 nitrogen and oxygen atoms in total. The van der Waals surface area contributed by atoms with Crippen molar-refractivity contribution in [3.05, 3.63) is 100 Å². The van der Waals surface area contributed by atoms with Crippen molar-refractivity contribution in [1.29, 1.82) is 0 Å². The highest BCUT2D eigenvalue weighted by Crippen LogP contribution is 2.28.